The molecular formula is C24H15F3N2O4S. The number of anilines is 1. The largest absolute Gasteiger partial charge is 0.573 e. The van der Waals surface area contributed by atoms with Gasteiger partial charge in [0.05, 0.1) is 5.69 Å². The molecule has 0 atom stereocenters. The van der Waals surface area contributed by atoms with Crippen molar-refractivity contribution >= 4 is 40.9 Å². The monoisotopic (exact) mass is 484 g/mol. The first-order chi connectivity index (χ1) is 16.2. The van der Waals surface area contributed by atoms with Gasteiger partial charge in [0.25, 0.3) is 11.8 Å². The minimum Gasteiger partial charge on any atom is -0.457 e. The fourth-order valence-corrected chi connectivity index (χ4v) is 3.39. The maximum absolute atomic E-state index is 13.1. The summed E-state index contributed by atoms with van der Waals surface area (Å²) in [6.45, 7) is 0. The van der Waals surface area contributed by atoms with Gasteiger partial charge in [-0.25, -0.2) is 0 Å². The van der Waals surface area contributed by atoms with Gasteiger partial charge in [0.2, 0.25) is 0 Å². The summed E-state index contributed by atoms with van der Waals surface area (Å²) in [5, 5.41) is 2.35. The van der Waals surface area contributed by atoms with Gasteiger partial charge in [-0.3, -0.25) is 19.8 Å². The van der Waals surface area contributed by atoms with Gasteiger partial charge in [0.15, 0.2) is 5.11 Å². The zero-order valence-electron chi connectivity index (χ0n) is 17.2. The van der Waals surface area contributed by atoms with E-state index in [0.29, 0.717) is 22.7 Å². The molecule has 1 saturated heterocycles. The number of para-hydroxylation sites is 1. The third kappa shape index (κ3) is 5.41. The zero-order valence-corrected chi connectivity index (χ0v) is 18.0. The van der Waals surface area contributed by atoms with Gasteiger partial charge in [-0.2, -0.15) is 0 Å². The fraction of sp³-hybridized carbons (Fsp3) is 0.0417. The number of alkyl halides is 3. The van der Waals surface area contributed by atoms with E-state index in [-0.39, 0.29) is 10.7 Å². The van der Waals surface area contributed by atoms with Crippen molar-refractivity contribution in [1.82, 2.24) is 5.32 Å². The van der Waals surface area contributed by atoms with Crippen LogP contribution < -0.4 is 19.7 Å². The summed E-state index contributed by atoms with van der Waals surface area (Å²) >= 11 is 5.18. The Bertz CT molecular complexity index is 1260. The fourth-order valence-electron chi connectivity index (χ4n) is 3.11. The summed E-state index contributed by atoms with van der Waals surface area (Å²) in [5.41, 5.74) is 0.491. The highest BCUT2D eigenvalue weighted by Crippen LogP contribution is 2.28. The Kier molecular flexibility index (Phi) is 6.33. The standard InChI is InChI=1S/C24H15F3N2O4S/c25-24(26,27)33-19-10-6-15(7-11-19)14-20-21(30)28-23(34)29(22(20)31)16-8-12-18(13-9-16)32-17-4-2-1-3-5-17/h1-14H,(H,28,30,34)/b20-14+. The van der Waals surface area contributed by atoms with Crippen LogP contribution in [-0.4, -0.2) is 23.3 Å². The molecule has 1 heterocycles. The number of amides is 2. The van der Waals surface area contributed by atoms with E-state index in [1.165, 1.54) is 18.2 Å². The molecule has 4 rings (SSSR count). The number of carbonyl (C=O) groups is 2. The van der Waals surface area contributed by atoms with Gasteiger partial charge in [-0.1, -0.05) is 30.3 Å². The molecule has 0 aliphatic carbocycles. The molecular weight excluding hydrogens is 469 g/mol. The first kappa shape index (κ1) is 23.0. The molecule has 1 N–H and O–H groups in total. The molecule has 0 bridgehead atoms. The second-order valence-corrected chi connectivity index (χ2v) is 7.37. The summed E-state index contributed by atoms with van der Waals surface area (Å²) in [7, 11) is 0. The van der Waals surface area contributed by atoms with Crippen LogP contribution in [0.5, 0.6) is 17.2 Å². The highest BCUT2D eigenvalue weighted by Gasteiger charge is 2.34. The van der Waals surface area contributed by atoms with Crippen LogP contribution in [0.25, 0.3) is 6.08 Å². The van der Waals surface area contributed by atoms with Crippen molar-refractivity contribution in [2.24, 2.45) is 0 Å². The van der Waals surface area contributed by atoms with Gasteiger partial charge in [0, 0.05) is 0 Å². The molecule has 0 aromatic heterocycles. The number of nitrogens with zero attached hydrogens (tertiary/aromatic N) is 1. The average molecular weight is 484 g/mol. The maximum Gasteiger partial charge on any atom is 0.573 e. The Morgan fingerprint density at radius 1 is 0.824 bits per heavy atom. The van der Waals surface area contributed by atoms with Crippen LogP contribution in [0.1, 0.15) is 5.56 Å². The molecule has 0 radical (unpaired) electrons. The van der Waals surface area contributed by atoms with Crippen molar-refractivity contribution in [3.05, 3.63) is 90.0 Å². The number of rotatable bonds is 5. The molecule has 34 heavy (non-hydrogen) atoms. The maximum atomic E-state index is 13.1. The number of halogens is 3. The number of hydrogen-bond acceptors (Lipinski definition) is 5. The molecule has 6 nitrogen and oxygen atoms in total. The molecule has 3 aromatic rings. The molecule has 1 fully saturated rings. The molecule has 0 spiro atoms. The van der Waals surface area contributed by atoms with Crippen LogP contribution >= 0.6 is 12.2 Å². The van der Waals surface area contributed by atoms with Crippen molar-refractivity contribution in [2.75, 3.05) is 4.90 Å². The lowest BCUT2D eigenvalue weighted by Crippen LogP contribution is -2.54. The van der Waals surface area contributed by atoms with Crippen molar-refractivity contribution in [1.29, 1.82) is 0 Å². The van der Waals surface area contributed by atoms with Crippen molar-refractivity contribution in [2.45, 2.75) is 6.36 Å². The van der Waals surface area contributed by atoms with Gasteiger partial charge in [-0.05, 0) is 72.4 Å². The Balaban J connectivity index is 1.55. The van der Waals surface area contributed by atoms with Crippen molar-refractivity contribution < 1.29 is 32.2 Å². The number of ether oxygens (including phenoxy) is 2. The summed E-state index contributed by atoms with van der Waals surface area (Å²) in [5.74, 6) is -0.642. The Morgan fingerprint density at radius 2 is 1.41 bits per heavy atom. The predicted molar refractivity (Wildman–Crippen MR) is 122 cm³/mol. The molecule has 0 saturated carbocycles. The third-order valence-electron chi connectivity index (χ3n) is 4.60. The summed E-state index contributed by atoms with van der Waals surface area (Å²) in [4.78, 5) is 26.6. The number of carbonyl (C=O) groups excluding carboxylic acids is 2. The van der Waals surface area contributed by atoms with E-state index in [0.717, 1.165) is 17.0 Å². The molecule has 1 aliphatic rings. The minimum atomic E-state index is -4.82. The summed E-state index contributed by atoms with van der Waals surface area (Å²) in [6.07, 6.45) is -3.56. The van der Waals surface area contributed by atoms with Gasteiger partial charge in [0.1, 0.15) is 22.8 Å². The molecule has 172 valence electrons. The Morgan fingerprint density at radius 3 is 2.03 bits per heavy atom. The SMILES string of the molecule is O=C1NC(=S)N(c2ccc(Oc3ccccc3)cc2)C(=O)/C1=C/c1ccc(OC(F)(F)F)cc1. The Labute approximate surface area is 197 Å². The van der Waals surface area contributed by atoms with E-state index in [4.69, 9.17) is 17.0 Å². The molecule has 2 amide bonds. The Hall–Kier alpha value is -4.18. The van der Waals surface area contributed by atoms with Gasteiger partial charge >= 0.3 is 6.36 Å². The number of hydrogen-bond donors (Lipinski definition) is 1. The van der Waals surface area contributed by atoms with Crippen molar-refractivity contribution in [3.63, 3.8) is 0 Å². The second-order valence-electron chi connectivity index (χ2n) is 6.98. The predicted octanol–water partition coefficient (Wildman–Crippen LogP) is 5.21. The van der Waals surface area contributed by atoms with Crippen LogP contribution in [0, 0.1) is 0 Å². The number of thiocarbonyl (C=S) groups is 1. The highest BCUT2D eigenvalue weighted by atomic mass is 32.1. The second kappa shape index (κ2) is 9.36. The van der Waals surface area contributed by atoms with Crippen LogP contribution in [0.2, 0.25) is 0 Å². The van der Waals surface area contributed by atoms with Crippen LogP contribution in [0.4, 0.5) is 18.9 Å². The van der Waals surface area contributed by atoms with Crippen molar-refractivity contribution in [3.8, 4) is 17.2 Å². The van der Waals surface area contributed by atoms with Crippen LogP contribution in [0.15, 0.2) is 84.4 Å². The lowest BCUT2D eigenvalue weighted by atomic mass is 10.1. The smallest absolute Gasteiger partial charge is 0.457 e. The van der Waals surface area contributed by atoms with Crippen LogP contribution in [-0.2, 0) is 9.59 Å². The first-order valence-electron chi connectivity index (χ1n) is 9.80. The average Bonchev–Trinajstić information content (AvgIpc) is 2.78. The topological polar surface area (TPSA) is 67.9 Å². The quantitative estimate of drug-likeness (QED) is 0.306. The minimum absolute atomic E-state index is 0.0993. The van der Waals surface area contributed by atoms with Gasteiger partial charge < -0.3 is 9.47 Å². The molecule has 10 heteroatoms. The van der Waals surface area contributed by atoms with E-state index in [2.05, 4.69) is 10.1 Å². The number of benzene rings is 3. The summed E-state index contributed by atoms with van der Waals surface area (Å²) < 4.78 is 46.6. The van der Waals surface area contributed by atoms with E-state index in [1.54, 1.807) is 36.4 Å². The van der Waals surface area contributed by atoms with E-state index >= 15 is 0 Å². The number of nitrogens with one attached hydrogen (secondary N) is 1. The lowest BCUT2D eigenvalue weighted by Gasteiger charge is -2.29. The normalized spacial score (nSPS) is 15.3. The zero-order chi connectivity index (χ0) is 24.3. The lowest BCUT2D eigenvalue weighted by molar-refractivity contribution is -0.274. The van der Waals surface area contributed by atoms with Crippen LogP contribution in [0.3, 0.4) is 0 Å². The first-order valence-corrected chi connectivity index (χ1v) is 10.2. The van der Waals surface area contributed by atoms with E-state index in [1.807, 2.05) is 18.2 Å². The van der Waals surface area contributed by atoms with E-state index < -0.39 is 23.9 Å². The van der Waals surface area contributed by atoms with E-state index in [9.17, 15) is 22.8 Å². The molecule has 3 aromatic carbocycles. The summed E-state index contributed by atoms with van der Waals surface area (Å²) in [6, 6.07) is 20.4. The molecule has 1 aliphatic heterocycles. The van der Waals surface area contributed by atoms with Gasteiger partial charge in [-0.15, -0.1) is 13.2 Å². The third-order valence-corrected chi connectivity index (χ3v) is 4.88. The highest BCUT2D eigenvalue weighted by molar-refractivity contribution is 7.80. The molecule has 0 unspecified atom stereocenters.